The van der Waals surface area contributed by atoms with E-state index in [2.05, 4.69) is 5.32 Å². The lowest BCUT2D eigenvalue weighted by molar-refractivity contribution is -0.159. The Labute approximate surface area is 146 Å². The highest BCUT2D eigenvalue weighted by molar-refractivity contribution is 6.22. The van der Waals surface area contributed by atoms with Gasteiger partial charge in [-0.05, 0) is 31.9 Å². The van der Waals surface area contributed by atoms with E-state index in [1.165, 1.54) is 12.1 Å². The first kappa shape index (κ1) is 18.6. The van der Waals surface area contributed by atoms with Gasteiger partial charge in [-0.2, -0.15) is 0 Å². The van der Waals surface area contributed by atoms with Gasteiger partial charge >= 0.3 is 5.97 Å². The zero-order chi connectivity index (χ0) is 18.7. The van der Waals surface area contributed by atoms with Gasteiger partial charge in [0, 0.05) is 6.04 Å². The van der Waals surface area contributed by atoms with Crippen molar-refractivity contribution >= 4 is 23.7 Å². The van der Waals surface area contributed by atoms with Crippen LogP contribution in [0.3, 0.4) is 0 Å². The fourth-order valence-electron chi connectivity index (χ4n) is 2.55. The van der Waals surface area contributed by atoms with Crippen LogP contribution in [0, 0.1) is 5.92 Å². The normalized spacial score (nSPS) is 14.7. The molecule has 0 aromatic heterocycles. The summed E-state index contributed by atoms with van der Waals surface area (Å²) in [6.45, 7) is 6.58. The smallest absolute Gasteiger partial charge is 0.327 e. The summed E-state index contributed by atoms with van der Waals surface area (Å²) in [4.78, 5) is 49.7. The highest BCUT2D eigenvalue weighted by atomic mass is 16.5. The first-order valence-corrected chi connectivity index (χ1v) is 8.17. The molecule has 2 rings (SSSR count). The Bertz CT molecular complexity index is 676. The van der Waals surface area contributed by atoms with Gasteiger partial charge in [-0.3, -0.25) is 24.1 Å². The van der Waals surface area contributed by atoms with E-state index in [4.69, 9.17) is 4.74 Å². The minimum absolute atomic E-state index is 0.0938. The van der Waals surface area contributed by atoms with Gasteiger partial charge in [-0.25, -0.2) is 0 Å². The van der Waals surface area contributed by atoms with E-state index in [1.54, 1.807) is 39.8 Å². The SMILES string of the molecule is CC(C)NC(=O)C(OC(=O)CN1C(=O)c2ccccc2C1=O)C(C)C. The predicted molar refractivity (Wildman–Crippen MR) is 89.8 cm³/mol. The second kappa shape index (κ2) is 7.46. The molecule has 1 aromatic carbocycles. The summed E-state index contributed by atoms with van der Waals surface area (Å²) in [6, 6.07) is 6.28. The molecular weight excluding hydrogens is 324 g/mol. The van der Waals surface area contributed by atoms with Crippen molar-refractivity contribution in [2.45, 2.75) is 39.8 Å². The third-order valence-corrected chi connectivity index (χ3v) is 3.72. The molecule has 0 radical (unpaired) electrons. The summed E-state index contributed by atoms with van der Waals surface area (Å²) in [5.74, 6) is -2.52. The summed E-state index contributed by atoms with van der Waals surface area (Å²) >= 11 is 0. The first-order chi connectivity index (χ1) is 11.7. The highest BCUT2D eigenvalue weighted by Crippen LogP contribution is 2.22. The molecule has 1 heterocycles. The van der Waals surface area contributed by atoms with Crippen molar-refractivity contribution in [1.82, 2.24) is 10.2 Å². The van der Waals surface area contributed by atoms with Crippen LogP contribution in [0.15, 0.2) is 24.3 Å². The van der Waals surface area contributed by atoms with Crippen molar-refractivity contribution in [3.05, 3.63) is 35.4 Å². The van der Waals surface area contributed by atoms with Crippen molar-refractivity contribution in [3.63, 3.8) is 0 Å². The number of esters is 1. The van der Waals surface area contributed by atoms with Gasteiger partial charge in [0.05, 0.1) is 11.1 Å². The quantitative estimate of drug-likeness (QED) is 0.620. The Morgan fingerprint density at radius 1 is 1.04 bits per heavy atom. The van der Waals surface area contributed by atoms with Gasteiger partial charge in [-0.1, -0.05) is 26.0 Å². The lowest BCUT2D eigenvalue weighted by Gasteiger charge is -2.23. The number of nitrogens with zero attached hydrogens (tertiary/aromatic N) is 1. The van der Waals surface area contributed by atoms with Crippen LogP contribution >= 0.6 is 0 Å². The maximum absolute atomic E-state index is 12.3. The molecule has 1 N–H and O–H groups in total. The van der Waals surface area contributed by atoms with Crippen LogP contribution in [0.25, 0.3) is 0 Å². The van der Waals surface area contributed by atoms with Crippen LogP contribution in [0.4, 0.5) is 0 Å². The molecule has 25 heavy (non-hydrogen) atoms. The third kappa shape index (κ3) is 4.04. The minimum Gasteiger partial charge on any atom is -0.451 e. The highest BCUT2D eigenvalue weighted by Gasteiger charge is 2.37. The number of rotatable bonds is 6. The van der Waals surface area contributed by atoms with E-state index in [0.29, 0.717) is 0 Å². The zero-order valence-electron chi connectivity index (χ0n) is 14.7. The van der Waals surface area contributed by atoms with Gasteiger partial charge in [-0.15, -0.1) is 0 Å². The average molecular weight is 346 g/mol. The second-order valence-electron chi connectivity index (χ2n) is 6.56. The fraction of sp³-hybridized carbons (Fsp3) is 0.444. The lowest BCUT2D eigenvalue weighted by Crippen LogP contribution is -2.45. The Kier molecular flexibility index (Phi) is 5.56. The summed E-state index contributed by atoms with van der Waals surface area (Å²) in [5, 5.41) is 2.69. The number of amides is 3. The Balaban J connectivity index is 2.06. The summed E-state index contributed by atoms with van der Waals surface area (Å²) < 4.78 is 5.23. The number of ether oxygens (including phenoxy) is 1. The molecule has 3 amide bonds. The molecule has 7 nitrogen and oxygen atoms in total. The summed E-state index contributed by atoms with van der Waals surface area (Å²) in [5.41, 5.74) is 0.525. The molecule has 1 aliphatic heterocycles. The molecule has 0 spiro atoms. The van der Waals surface area contributed by atoms with E-state index in [1.807, 2.05) is 0 Å². The maximum Gasteiger partial charge on any atom is 0.327 e. The largest absolute Gasteiger partial charge is 0.451 e. The van der Waals surface area contributed by atoms with Crippen molar-refractivity contribution in [2.24, 2.45) is 5.92 Å². The topological polar surface area (TPSA) is 92.8 Å². The van der Waals surface area contributed by atoms with Gasteiger partial charge in [0.25, 0.3) is 17.7 Å². The second-order valence-corrected chi connectivity index (χ2v) is 6.56. The first-order valence-electron chi connectivity index (χ1n) is 8.17. The average Bonchev–Trinajstić information content (AvgIpc) is 2.77. The molecule has 0 fully saturated rings. The van der Waals surface area contributed by atoms with Gasteiger partial charge in [0.2, 0.25) is 0 Å². The van der Waals surface area contributed by atoms with E-state index >= 15 is 0 Å². The molecule has 0 aliphatic carbocycles. The lowest BCUT2D eigenvalue weighted by atomic mass is 10.1. The van der Waals surface area contributed by atoms with Crippen LogP contribution in [0.5, 0.6) is 0 Å². The van der Waals surface area contributed by atoms with Crippen LogP contribution in [-0.2, 0) is 14.3 Å². The van der Waals surface area contributed by atoms with Crippen LogP contribution in [0.2, 0.25) is 0 Å². The number of fused-ring (bicyclic) bond motifs is 1. The number of imide groups is 1. The van der Waals surface area contributed by atoms with Crippen LogP contribution in [0.1, 0.15) is 48.4 Å². The Morgan fingerprint density at radius 2 is 1.56 bits per heavy atom. The number of carbonyl (C=O) groups excluding carboxylic acids is 4. The fourth-order valence-corrected chi connectivity index (χ4v) is 2.55. The van der Waals surface area contributed by atoms with Crippen LogP contribution in [-0.4, -0.2) is 47.3 Å². The summed E-state index contributed by atoms with van der Waals surface area (Å²) in [6.07, 6.45) is -0.981. The number of benzene rings is 1. The zero-order valence-corrected chi connectivity index (χ0v) is 14.7. The van der Waals surface area contributed by atoms with Crippen molar-refractivity contribution < 1.29 is 23.9 Å². The minimum atomic E-state index is -0.981. The number of carbonyl (C=O) groups is 4. The molecule has 134 valence electrons. The monoisotopic (exact) mass is 346 g/mol. The van der Waals surface area contributed by atoms with E-state index in [0.717, 1.165) is 4.90 Å². The molecule has 0 bridgehead atoms. The molecule has 7 heteroatoms. The van der Waals surface area contributed by atoms with Gasteiger partial charge in [0.15, 0.2) is 6.10 Å². The van der Waals surface area contributed by atoms with E-state index in [9.17, 15) is 19.2 Å². The number of hydrogen-bond acceptors (Lipinski definition) is 5. The molecule has 1 aliphatic rings. The molecule has 1 atom stereocenters. The van der Waals surface area contributed by atoms with Gasteiger partial charge < -0.3 is 10.1 Å². The molecule has 0 saturated heterocycles. The van der Waals surface area contributed by atoms with E-state index in [-0.39, 0.29) is 23.1 Å². The Hall–Kier alpha value is -2.70. The van der Waals surface area contributed by atoms with Crippen molar-refractivity contribution in [3.8, 4) is 0 Å². The Morgan fingerprint density at radius 3 is 2.00 bits per heavy atom. The van der Waals surface area contributed by atoms with Crippen molar-refractivity contribution in [2.75, 3.05) is 6.54 Å². The molecular formula is C18H22N2O5. The standard InChI is InChI=1S/C18H22N2O5/c1-10(2)15(16(22)19-11(3)4)25-14(21)9-20-17(23)12-7-5-6-8-13(12)18(20)24/h5-8,10-11,15H,9H2,1-4H3,(H,19,22). The third-order valence-electron chi connectivity index (χ3n) is 3.72. The predicted octanol–water partition coefficient (Wildman–Crippen LogP) is 1.37. The number of hydrogen-bond donors (Lipinski definition) is 1. The number of nitrogens with one attached hydrogen (secondary N) is 1. The molecule has 1 aromatic rings. The van der Waals surface area contributed by atoms with E-state index < -0.39 is 36.3 Å². The summed E-state index contributed by atoms with van der Waals surface area (Å²) in [7, 11) is 0. The molecule has 0 saturated carbocycles. The molecule has 1 unspecified atom stereocenters. The van der Waals surface area contributed by atoms with Crippen LogP contribution < -0.4 is 5.32 Å². The maximum atomic E-state index is 12.3. The van der Waals surface area contributed by atoms with Gasteiger partial charge in [0.1, 0.15) is 6.54 Å². The van der Waals surface area contributed by atoms with Crippen molar-refractivity contribution in [1.29, 1.82) is 0 Å².